The second-order valence-electron chi connectivity index (χ2n) is 4.23. The van der Waals surface area contributed by atoms with Gasteiger partial charge in [-0.3, -0.25) is 9.59 Å². The van der Waals surface area contributed by atoms with Crippen molar-refractivity contribution in [2.75, 3.05) is 0 Å². The molecule has 0 saturated carbocycles. The zero-order valence-electron chi connectivity index (χ0n) is 9.84. The molecule has 0 spiro atoms. The van der Waals surface area contributed by atoms with Crippen LogP contribution in [-0.4, -0.2) is 40.1 Å². The van der Waals surface area contributed by atoms with E-state index in [4.69, 9.17) is 15.9 Å². The molecular formula is C10H18N2O5. The normalized spacial score (nSPS) is 14.1. The molecule has 0 radical (unpaired) electrons. The lowest BCUT2D eigenvalue weighted by molar-refractivity contribution is -0.147. The first-order chi connectivity index (χ1) is 7.73. The summed E-state index contributed by atoms with van der Waals surface area (Å²) in [4.78, 5) is 32.6. The fraction of sp³-hybridized carbons (Fsp3) is 0.700. The second kappa shape index (κ2) is 6.85. The van der Waals surface area contributed by atoms with Crippen molar-refractivity contribution in [1.82, 2.24) is 5.32 Å². The van der Waals surface area contributed by atoms with Crippen molar-refractivity contribution < 1.29 is 24.6 Å². The van der Waals surface area contributed by atoms with Crippen LogP contribution in [0.4, 0.5) is 0 Å². The van der Waals surface area contributed by atoms with Gasteiger partial charge < -0.3 is 21.3 Å². The Labute approximate surface area is 99.0 Å². The topological polar surface area (TPSA) is 130 Å². The fourth-order valence-electron chi connectivity index (χ4n) is 1.27. The van der Waals surface area contributed by atoms with Crippen molar-refractivity contribution >= 4 is 17.8 Å². The number of hydrogen-bond acceptors (Lipinski definition) is 4. The van der Waals surface area contributed by atoms with E-state index in [1.807, 2.05) is 13.8 Å². The molecule has 17 heavy (non-hydrogen) atoms. The van der Waals surface area contributed by atoms with E-state index in [2.05, 4.69) is 5.32 Å². The molecule has 0 fully saturated rings. The van der Waals surface area contributed by atoms with Gasteiger partial charge in [0, 0.05) is 0 Å². The molecule has 0 rings (SSSR count). The largest absolute Gasteiger partial charge is 0.481 e. The molecule has 98 valence electrons. The van der Waals surface area contributed by atoms with Crippen molar-refractivity contribution in [3.8, 4) is 0 Å². The van der Waals surface area contributed by atoms with E-state index in [-0.39, 0.29) is 5.92 Å². The summed E-state index contributed by atoms with van der Waals surface area (Å²) >= 11 is 0. The number of aliphatic carboxylic acids is 2. The van der Waals surface area contributed by atoms with Gasteiger partial charge in [-0.2, -0.15) is 0 Å². The minimum absolute atomic E-state index is 0.193. The number of hydrogen-bond donors (Lipinski definition) is 4. The molecular weight excluding hydrogens is 228 g/mol. The van der Waals surface area contributed by atoms with E-state index in [9.17, 15) is 14.4 Å². The van der Waals surface area contributed by atoms with Gasteiger partial charge in [-0.15, -0.1) is 0 Å². The molecule has 0 aliphatic carbocycles. The number of nitrogens with two attached hydrogens (primary N) is 1. The highest BCUT2D eigenvalue weighted by atomic mass is 16.4. The Hall–Kier alpha value is -1.63. The van der Waals surface area contributed by atoms with Gasteiger partial charge in [0.1, 0.15) is 6.04 Å². The molecule has 0 aliphatic heterocycles. The van der Waals surface area contributed by atoms with Crippen LogP contribution in [0.25, 0.3) is 0 Å². The Morgan fingerprint density at radius 1 is 1.24 bits per heavy atom. The van der Waals surface area contributed by atoms with E-state index in [1.54, 1.807) is 0 Å². The van der Waals surface area contributed by atoms with Crippen molar-refractivity contribution in [1.29, 1.82) is 0 Å². The van der Waals surface area contributed by atoms with Crippen LogP contribution in [0.1, 0.15) is 26.7 Å². The Bertz CT molecular complexity index is 303. The summed E-state index contributed by atoms with van der Waals surface area (Å²) in [6, 6.07) is -2.27. The van der Waals surface area contributed by atoms with Gasteiger partial charge in [-0.1, -0.05) is 13.8 Å². The number of nitrogens with one attached hydrogen (secondary N) is 1. The Morgan fingerprint density at radius 2 is 1.76 bits per heavy atom. The maximum absolute atomic E-state index is 11.5. The lowest BCUT2D eigenvalue weighted by Gasteiger charge is -2.17. The average molecular weight is 246 g/mol. The minimum Gasteiger partial charge on any atom is -0.481 e. The highest BCUT2D eigenvalue weighted by Crippen LogP contribution is 2.03. The highest BCUT2D eigenvalue weighted by Gasteiger charge is 2.25. The summed E-state index contributed by atoms with van der Waals surface area (Å²) in [6.07, 6.45) is -0.263. The number of carbonyl (C=O) groups excluding carboxylic acids is 1. The van der Waals surface area contributed by atoms with Crippen molar-refractivity contribution in [3.63, 3.8) is 0 Å². The van der Waals surface area contributed by atoms with Crippen LogP contribution in [0.3, 0.4) is 0 Å². The quantitative estimate of drug-likeness (QED) is 0.474. The van der Waals surface area contributed by atoms with Gasteiger partial charge >= 0.3 is 11.9 Å². The average Bonchev–Trinajstić information content (AvgIpc) is 2.14. The molecule has 0 aromatic rings. The third kappa shape index (κ3) is 6.52. The zero-order chi connectivity index (χ0) is 13.6. The Morgan fingerprint density at radius 3 is 2.12 bits per heavy atom. The van der Waals surface area contributed by atoms with Crippen LogP contribution in [0, 0.1) is 5.92 Å². The molecule has 0 heterocycles. The van der Waals surface area contributed by atoms with Gasteiger partial charge in [0.15, 0.2) is 0 Å². The van der Waals surface area contributed by atoms with Crippen LogP contribution >= 0.6 is 0 Å². The molecule has 0 aromatic heterocycles. The van der Waals surface area contributed by atoms with Gasteiger partial charge in [0.25, 0.3) is 0 Å². The standard InChI is InChI=1S/C10H18N2O5/c1-5(2)3-6(11)9(15)12-7(10(16)17)4-8(13)14/h5-7H,3-4,11H2,1-2H3,(H,12,15)(H,13,14)(H,16,17)/t6-,7+/m0/s1. The molecule has 0 aliphatic rings. The van der Waals surface area contributed by atoms with E-state index in [1.165, 1.54) is 0 Å². The van der Waals surface area contributed by atoms with Gasteiger partial charge in [-0.05, 0) is 12.3 Å². The van der Waals surface area contributed by atoms with Crippen LogP contribution in [0.15, 0.2) is 0 Å². The molecule has 0 bridgehead atoms. The molecule has 0 saturated heterocycles. The number of amides is 1. The van der Waals surface area contributed by atoms with E-state index < -0.39 is 36.4 Å². The molecule has 5 N–H and O–H groups in total. The third-order valence-corrected chi connectivity index (χ3v) is 2.06. The first kappa shape index (κ1) is 15.4. The summed E-state index contributed by atoms with van der Waals surface area (Å²) in [6.45, 7) is 3.75. The highest BCUT2D eigenvalue weighted by molar-refractivity contribution is 5.89. The number of rotatable bonds is 7. The predicted molar refractivity (Wildman–Crippen MR) is 59.2 cm³/mol. The Kier molecular flexibility index (Phi) is 6.19. The van der Waals surface area contributed by atoms with Crippen LogP contribution in [-0.2, 0) is 14.4 Å². The molecule has 0 unspecified atom stereocenters. The number of carboxylic acids is 2. The van der Waals surface area contributed by atoms with Gasteiger partial charge in [0.2, 0.25) is 5.91 Å². The molecule has 7 nitrogen and oxygen atoms in total. The van der Waals surface area contributed by atoms with Crippen molar-refractivity contribution in [2.24, 2.45) is 11.7 Å². The minimum atomic E-state index is -1.45. The predicted octanol–water partition coefficient (Wildman–Crippen LogP) is -0.596. The summed E-state index contributed by atoms with van der Waals surface area (Å²) in [5.74, 6) is -3.14. The number of carbonyl (C=O) groups is 3. The maximum Gasteiger partial charge on any atom is 0.326 e. The summed E-state index contributed by atoms with van der Waals surface area (Å²) < 4.78 is 0. The van der Waals surface area contributed by atoms with E-state index >= 15 is 0 Å². The van der Waals surface area contributed by atoms with Crippen LogP contribution < -0.4 is 11.1 Å². The van der Waals surface area contributed by atoms with E-state index in [0.717, 1.165) is 0 Å². The van der Waals surface area contributed by atoms with Crippen LogP contribution in [0.5, 0.6) is 0 Å². The monoisotopic (exact) mass is 246 g/mol. The van der Waals surface area contributed by atoms with Crippen LogP contribution in [0.2, 0.25) is 0 Å². The SMILES string of the molecule is CC(C)C[C@H](N)C(=O)N[C@H](CC(=O)O)C(=O)O. The second-order valence-corrected chi connectivity index (χ2v) is 4.23. The first-order valence-electron chi connectivity index (χ1n) is 5.24. The fourth-order valence-corrected chi connectivity index (χ4v) is 1.27. The smallest absolute Gasteiger partial charge is 0.326 e. The van der Waals surface area contributed by atoms with Crippen molar-refractivity contribution in [3.05, 3.63) is 0 Å². The molecule has 2 atom stereocenters. The molecule has 0 aromatic carbocycles. The summed E-state index contributed by atoms with van der Waals surface area (Å²) in [5.41, 5.74) is 5.54. The van der Waals surface area contributed by atoms with Gasteiger partial charge in [-0.25, -0.2) is 4.79 Å². The molecule has 1 amide bonds. The number of carboxylic acid groups (broad SMARTS) is 2. The third-order valence-electron chi connectivity index (χ3n) is 2.06. The maximum atomic E-state index is 11.5. The Balaban J connectivity index is 4.39. The zero-order valence-corrected chi connectivity index (χ0v) is 9.84. The summed E-state index contributed by atoms with van der Waals surface area (Å²) in [5, 5.41) is 19.3. The first-order valence-corrected chi connectivity index (χ1v) is 5.24. The van der Waals surface area contributed by atoms with Gasteiger partial charge in [0.05, 0.1) is 12.5 Å². The summed E-state index contributed by atoms with van der Waals surface area (Å²) in [7, 11) is 0. The lowest BCUT2D eigenvalue weighted by Crippen LogP contribution is -2.49. The molecule has 7 heteroatoms. The van der Waals surface area contributed by atoms with E-state index in [0.29, 0.717) is 6.42 Å². The lowest BCUT2D eigenvalue weighted by atomic mass is 10.0. The van der Waals surface area contributed by atoms with Crippen molar-refractivity contribution in [2.45, 2.75) is 38.8 Å².